The van der Waals surface area contributed by atoms with E-state index in [2.05, 4.69) is 0 Å². The molecule has 3 nitrogen and oxygen atoms in total. The summed E-state index contributed by atoms with van der Waals surface area (Å²) in [6.07, 6.45) is 0. The van der Waals surface area contributed by atoms with Gasteiger partial charge in [0.15, 0.2) is 0 Å². The van der Waals surface area contributed by atoms with Gasteiger partial charge in [0.1, 0.15) is 17.2 Å². The molecule has 0 aliphatic rings. The lowest BCUT2D eigenvalue weighted by atomic mass is 9.95. The maximum absolute atomic E-state index is 13.4. The Morgan fingerprint density at radius 1 is 1.57 bits per heavy atom. The van der Waals surface area contributed by atoms with Crippen molar-refractivity contribution < 1.29 is 14.2 Å². The van der Waals surface area contributed by atoms with Crippen molar-refractivity contribution in [2.45, 2.75) is 12.5 Å². The largest absolute Gasteiger partial charge is 0.508 e. The fourth-order valence-corrected chi connectivity index (χ4v) is 1.24. The van der Waals surface area contributed by atoms with Gasteiger partial charge in [0.2, 0.25) is 0 Å². The number of hydrogen-bond acceptors (Lipinski definition) is 3. The maximum Gasteiger partial charge on any atom is 0.133 e. The van der Waals surface area contributed by atoms with Crippen LogP contribution >= 0.6 is 0 Å². The molecule has 0 saturated carbocycles. The number of aromatic hydroxyl groups is 1. The molecule has 0 aliphatic heterocycles. The molecule has 0 spiro atoms. The third-order valence-electron chi connectivity index (χ3n) is 2.36. The van der Waals surface area contributed by atoms with Crippen LogP contribution in [0, 0.1) is 5.82 Å². The van der Waals surface area contributed by atoms with Crippen LogP contribution in [0.15, 0.2) is 18.2 Å². The van der Waals surface area contributed by atoms with Crippen LogP contribution in [-0.4, -0.2) is 18.8 Å². The van der Waals surface area contributed by atoms with Crippen LogP contribution in [0.5, 0.6) is 5.75 Å². The SMILES string of the molecule is COC(C)(CN)c1ccc(O)cc1F. The average molecular weight is 199 g/mol. The summed E-state index contributed by atoms with van der Waals surface area (Å²) in [6.45, 7) is 1.87. The Bertz CT molecular complexity index is 324. The number of ether oxygens (including phenoxy) is 1. The van der Waals surface area contributed by atoms with E-state index in [1.807, 2.05) is 0 Å². The highest BCUT2D eigenvalue weighted by Crippen LogP contribution is 2.27. The van der Waals surface area contributed by atoms with Crippen molar-refractivity contribution in [3.8, 4) is 5.75 Å². The lowest BCUT2D eigenvalue weighted by Crippen LogP contribution is -2.34. The minimum atomic E-state index is -0.849. The molecular formula is C10H14FNO2. The van der Waals surface area contributed by atoms with Crippen molar-refractivity contribution in [2.24, 2.45) is 5.73 Å². The predicted molar refractivity (Wildman–Crippen MR) is 51.5 cm³/mol. The molecule has 0 heterocycles. The molecule has 0 radical (unpaired) electrons. The maximum atomic E-state index is 13.4. The summed E-state index contributed by atoms with van der Waals surface area (Å²) in [7, 11) is 1.47. The summed E-state index contributed by atoms with van der Waals surface area (Å²) in [6, 6.07) is 3.93. The lowest BCUT2D eigenvalue weighted by molar-refractivity contribution is 0.00713. The van der Waals surface area contributed by atoms with E-state index in [1.165, 1.54) is 19.2 Å². The minimum absolute atomic E-state index is 0.110. The van der Waals surface area contributed by atoms with Crippen molar-refractivity contribution in [2.75, 3.05) is 13.7 Å². The van der Waals surface area contributed by atoms with Crippen LogP contribution in [0.25, 0.3) is 0 Å². The second kappa shape index (κ2) is 3.94. The molecule has 0 saturated heterocycles. The number of benzene rings is 1. The monoisotopic (exact) mass is 199 g/mol. The summed E-state index contributed by atoms with van der Waals surface area (Å²) < 4.78 is 18.6. The number of methoxy groups -OCH3 is 1. The van der Waals surface area contributed by atoms with Gasteiger partial charge in [0.25, 0.3) is 0 Å². The number of hydrogen-bond donors (Lipinski definition) is 2. The molecule has 4 heteroatoms. The summed E-state index contributed by atoms with van der Waals surface area (Å²) >= 11 is 0. The van der Waals surface area contributed by atoms with E-state index in [-0.39, 0.29) is 12.3 Å². The van der Waals surface area contributed by atoms with E-state index in [0.717, 1.165) is 6.07 Å². The molecule has 1 unspecified atom stereocenters. The molecule has 0 fully saturated rings. The predicted octanol–water partition coefficient (Wildman–Crippen LogP) is 1.35. The van der Waals surface area contributed by atoms with Crippen molar-refractivity contribution in [1.29, 1.82) is 0 Å². The average Bonchev–Trinajstić information content (AvgIpc) is 2.17. The molecular weight excluding hydrogens is 185 g/mol. The summed E-state index contributed by atoms with van der Waals surface area (Å²) in [4.78, 5) is 0. The summed E-state index contributed by atoms with van der Waals surface area (Å²) in [5, 5.41) is 9.04. The number of phenols is 1. The number of nitrogens with two attached hydrogens (primary N) is 1. The van der Waals surface area contributed by atoms with E-state index in [0.29, 0.717) is 5.56 Å². The first kappa shape index (κ1) is 10.9. The zero-order valence-electron chi connectivity index (χ0n) is 8.25. The van der Waals surface area contributed by atoms with Crippen LogP contribution in [0.1, 0.15) is 12.5 Å². The molecule has 0 aromatic heterocycles. The fraction of sp³-hybridized carbons (Fsp3) is 0.400. The summed E-state index contributed by atoms with van der Waals surface area (Å²) in [5.74, 6) is -0.624. The third kappa shape index (κ3) is 1.86. The van der Waals surface area contributed by atoms with Crippen LogP contribution in [0.2, 0.25) is 0 Å². The Morgan fingerprint density at radius 3 is 2.64 bits per heavy atom. The van der Waals surface area contributed by atoms with E-state index in [4.69, 9.17) is 15.6 Å². The van der Waals surface area contributed by atoms with Gasteiger partial charge in [-0.2, -0.15) is 0 Å². The lowest BCUT2D eigenvalue weighted by Gasteiger charge is -2.27. The van der Waals surface area contributed by atoms with E-state index >= 15 is 0 Å². The van der Waals surface area contributed by atoms with Gasteiger partial charge < -0.3 is 15.6 Å². The smallest absolute Gasteiger partial charge is 0.133 e. The second-order valence-corrected chi connectivity index (χ2v) is 3.30. The number of halogens is 1. The molecule has 3 N–H and O–H groups in total. The zero-order valence-corrected chi connectivity index (χ0v) is 8.25. The third-order valence-corrected chi connectivity index (χ3v) is 2.36. The zero-order chi connectivity index (χ0) is 10.8. The first-order valence-corrected chi connectivity index (χ1v) is 4.27. The highest BCUT2D eigenvalue weighted by atomic mass is 19.1. The van der Waals surface area contributed by atoms with Gasteiger partial charge in [0.05, 0.1) is 0 Å². The Labute approximate surface area is 82.3 Å². The van der Waals surface area contributed by atoms with Crippen LogP contribution in [0.4, 0.5) is 4.39 Å². The first-order chi connectivity index (χ1) is 6.53. The molecule has 1 rings (SSSR count). The molecule has 1 aromatic carbocycles. The number of rotatable bonds is 3. The standard InChI is InChI=1S/C10H14FNO2/c1-10(6-12,14-2)8-4-3-7(13)5-9(8)11/h3-5,13H,6,12H2,1-2H3. The summed E-state index contributed by atoms with van der Waals surface area (Å²) in [5.41, 5.74) is 5.00. The van der Waals surface area contributed by atoms with E-state index in [1.54, 1.807) is 6.92 Å². The molecule has 1 aromatic rings. The van der Waals surface area contributed by atoms with Crippen molar-refractivity contribution >= 4 is 0 Å². The highest BCUT2D eigenvalue weighted by Gasteiger charge is 2.27. The molecule has 14 heavy (non-hydrogen) atoms. The van der Waals surface area contributed by atoms with E-state index in [9.17, 15) is 4.39 Å². The van der Waals surface area contributed by atoms with Gasteiger partial charge in [-0.3, -0.25) is 0 Å². The van der Waals surface area contributed by atoms with Crippen molar-refractivity contribution in [3.05, 3.63) is 29.6 Å². The second-order valence-electron chi connectivity index (χ2n) is 3.30. The van der Waals surface area contributed by atoms with Gasteiger partial charge in [-0.1, -0.05) is 0 Å². The Morgan fingerprint density at radius 2 is 2.21 bits per heavy atom. The molecule has 0 aliphatic carbocycles. The van der Waals surface area contributed by atoms with Crippen LogP contribution in [0.3, 0.4) is 0 Å². The minimum Gasteiger partial charge on any atom is -0.508 e. The van der Waals surface area contributed by atoms with Gasteiger partial charge in [-0.15, -0.1) is 0 Å². The fourth-order valence-electron chi connectivity index (χ4n) is 1.24. The number of phenolic OH excluding ortho intramolecular Hbond substituents is 1. The van der Waals surface area contributed by atoms with Crippen molar-refractivity contribution in [3.63, 3.8) is 0 Å². The normalized spacial score (nSPS) is 15.1. The van der Waals surface area contributed by atoms with Gasteiger partial charge in [0, 0.05) is 25.3 Å². The van der Waals surface area contributed by atoms with E-state index < -0.39 is 11.4 Å². The molecule has 0 bridgehead atoms. The van der Waals surface area contributed by atoms with Crippen LogP contribution < -0.4 is 5.73 Å². The molecule has 78 valence electrons. The van der Waals surface area contributed by atoms with Gasteiger partial charge in [-0.25, -0.2) is 4.39 Å². The topological polar surface area (TPSA) is 55.5 Å². The molecule has 0 amide bonds. The quantitative estimate of drug-likeness (QED) is 0.772. The van der Waals surface area contributed by atoms with Gasteiger partial charge >= 0.3 is 0 Å². The van der Waals surface area contributed by atoms with Gasteiger partial charge in [-0.05, 0) is 19.1 Å². The Kier molecular flexibility index (Phi) is 3.08. The Hall–Kier alpha value is -1.13. The van der Waals surface area contributed by atoms with Crippen molar-refractivity contribution in [1.82, 2.24) is 0 Å². The first-order valence-electron chi connectivity index (χ1n) is 4.27. The highest BCUT2D eigenvalue weighted by molar-refractivity contribution is 5.31. The Balaban J connectivity index is 3.17. The molecule has 1 atom stereocenters. The van der Waals surface area contributed by atoms with Crippen LogP contribution in [-0.2, 0) is 10.3 Å².